The summed E-state index contributed by atoms with van der Waals surface area (Å²) in [6, 6.07) is 7.98. The van der Waals surface area contributed by atoms with Gasteiger partial charge in [0.2, 0.25) is 0 Å². The molecular formula is C12H11NO. The van der Waals surface area contributed by atoms with Crippen LogP contribution in [0.2, 0.25) is 0 Å². The van der Waals surface area contributed by atoms with Gasteiger partial charge in [-0.15, -0.1) is 6.58 Å². The first-order valence-electron chi connectivity index (χ1n) is 4.59. The quantitative estimate of drug-likeness (QED) is 0.629. The molecule has 1 aliphatic heterocycles. The maximum atomic E-state index is 8.92. The number of ether oxygens (including phenoxy) is 1. The summed E-state index contributed by atoms with van der Waals surface area (Å²) in [5, 5.41) is 8.92. The molecule has 0 radical (unpaired) electrons. The molecular weight excluding hydrogens is 174 g/mol. The van der Waals surface area contributed by atoms with Crippen LogP contribution in [0.4, 0.5) is 0 Å². The van der Waals surface area contributed by atoms with Crippen molar-refractivity contribution in [3.63, 3.8) is 0 Å². The van der Waals surface area contributed by atoms with E-state index in [0.29, 0.717) is 18.8 Å². The fourth-order valence-electron chi connectivity index (χ4n) is 1.79. The third kappa shape index (κ3) is 1.32. The number of fused-ring (bicyclic) bond motifs is 1. The highest BCUT2D eigenvalue weighted by molar-refractivity contribution is 5.45. The highest BCUT2D eigenvalue weighted by Gasteiger charge is 2.19. The maximum Gasteiger partial charge on any atom is 0.0995 e. The number of rotatable bonds is 1. The molecule has 0 N–H and O–H groups in total. The Morgan fingerprint density at radius 2 is 2.43 bits per heavy atom. The smallest absolute Gasteiger partial charge is 0.0995 e. The monoisotopic (exact) mass is 185 g/mol. The average molecular weight is 185 g/mol. The summed E-state index contributed by atoms with van der Waals surface area (Å²) in [7, 11) is 0. The Morgan fingerprint density at radius 3 is 3.14 bits per heavy atom. The zero-order valence-electron chi connectivity index (χ0n) is 7.86. The zero-order valence-corrected chi connectivity index (χ0v) is 7.86. The van der Waals surface area contributed by atoms with Crippen molar-refractivity contribution in [1.82, 2.24) is 0 Å². The van der Waals surface area contributed by atoms with E-state index in [1.807, 2.05) is 24.3 Å². The van der Waals surface area contributed by atoms with Crippen molar-refractivity contribution < 1.29 is 4.74 Å². The summed E-state index contributed by atoms with van der Waals surface area (Å²) in [6.45, 7) is 4.99. The van der Waals surface area contributed by atoms with Crippen LogP contribution in [0.25, 0.3) is 0 Å². The molecule has 2 nitrogen and oxygen atoms in total. The van der Waals surface area contributed by atoms with Crippen LogP contribution in [0.3, 0.4) is 0 Å². The summed E-state index contributed by atoms with van der Waals surface area (Å²) in [5.74, 6) is 0.229. The van der Waals surface area contributed by atoms with Crippen LogP contribution >= 0.6 is 0 Å². The van der Waals surface area contributed by atoms with E-state index < -0.39 is 0 Å². The minimum atomic E-state index is 0.229. The van der Waals surface area contributed by atoms with Gasteiger partial charge in [-0.3, -0.25) is 0 Å². The molecule has 0 aromatic heterocycles. The van der Waals surface area contributed by atoms with E-state index in [1.165, 1.54) is 5.56 Å². The molecule has 0 fully saturated rings. The molecule has 0 saturated heterocycles. The van der Waals surface area contributed by atoms with Gasteiger partial charge in [-0.1, -0.05) is 18.2 Å². The lowest BCUT2D eigenvalue weighted by Crippen LogP contribution is -2.16. The van der Waals surface area contributed by atoms with Crippen LogP contribution in [0.15, 0.2) is 30.9 Å². The van der Waals surface area contributed by atoms with Crippen LogP contribution in [-0.4, -0.2) is 6.61 Å². The number of nitriles is 1. The fraction of sp³-hybridized carbons (Fsp3) is 0.250. The van der Waals surface area contributed by atoms with Crippen molar-refractivity contribution in [2.24, 2.45) is 0 Å². The first-order chi connectivity index (χ1) is 6.86. The Bertz CT molecular complexity index is 403. The van der Waals surface area contributed by atoms with Gasteiger partial charge < -0.3 is 4.74 Å². The predicted octanol–water partition coefficient (Wildman–Crippen LogP) is 2.36. The molecule has 0 aliphatic carbocycles. The number of benzene rings is 1. The van der Waals surface area contributed by atoms with Gasteiger partial charge in [0.25, 0.3) is 0 Å². The summed E-state index contributed by atoms with van der Waals surface area (Å²) < 4.78 is 5.42. The Balaban J connectivity index is 2.55. The Hall–Kier alpha value is -1.59. The molecule has 0 bridgehead atoms. The second kappa shape index (κ2) is 3.65. The molecule has 2 heteroatoms. The van der Waals surface area contributed by atoms with Gasteiger partial charge >= 0.3 is 0 Å². The van der Waals surface area contributed by atoms with Crippen LogP contribution in [0.5, 0.6) is 0 Å². The van der Waals surface area contributed by atoms with Crippen LogP contribution in [-0.2, 0) is 11.3 Å². The second-order valence-corrected chi connectivity index (χ2v) is 3.34. The van der Waals surface area contributed by atoms with Crippen molar-refractivity contribution in [1.29, 1.82) is 5.26 Å². The highest BCUT2D eigenvalue weighted by atomic mass is 16.5. The van der Waals surface area contributed by atoms with Crippen molar-refractivity contribution >= 4 is 0 Å². The molecule has 0 spiro atoms. The molecule has 0 amide bonds. The minimum absolute atomic E-state index is 0.229. The molecule has 1 aromatic carbocycles. The standard InChI is InChI=1S/C12H11NO/c1-2-9-7-14-8-12-10(6-13)4-3-5-11(9)12/h2-5,9H,1,7-8H2/t9-/m0/s1. The molecule has 1 aliphatic rings. The highest BCUT2D eigenvalue weighted by Crippen LogP contribution is 2.29. The summed E-state index contributed by atoms with van der Waals surface area (Å²) >= 11 is 0. The third-order valence-corrected chi connectivity index (χ3v) is 2.56. The van der Waals surface area contributed by atoms with Crippen molar-refractivity contribution in [2.75, 3.05) is 6.61 Å². The van der Waals surface area contributed by atoms with Gasteiger partial charge in [-0.2, -0.15) is 5.26 Å². The molecule has 1 atom stereocenters. The number of hydrogen-bond acceptors (Lipinski definition) is 2. The molecule has 2 rings (SSSR count). The van der Waals surface area contributed by atoms with E-state index in [-0.39, 0.29) is 5.92 Å². The van der Waals surface area contributed by atoms with Crippen molar-refractivity contribution in [2.45, 2.75) is 12.5 Å². The maximum absolute atomic E-state index is 8.92. The fourth-order valence-corrected chi connectivity index (χ4v) is 1.79. The molecule has 1 heterocycles. The van der Waals surface area contributed by atoms with Crippen LogP contribution in [0.1, 0.15) is 22.6 Å². The topological polar surface area (TPSA) is 33.0 Å². The second-order valence-electron chi connectivity index (χ2n) is 3.34. The Labute approximate surface area is 83.4 Å². The normalized spacial score (nSPS) is 19.5. The van der Waals surface area contributed by atoms with Crippen LogP contribution in [0, 0.1) is 11.3 Å². The van der Waals surface area contributed by atoms with E-state index in [4.69, 9.17) is 10.00 Å². The first kappa shape index (κ1) is 8.98. The van der Waals surface area contributed by atoms with Gasteiger partial charge in [-0.05, 0) is 17.2 Å². The summed E-state index contributed by atoms with van der Waals surface area (Å²) in [6.07, 6.45) is 1.87. The van der Waals surface area contributed by atoms with E-state index >= 15 is 0 Å². The molecule has 14 heavy (non-hydrogen) atoms. The zero-order chi connectivity index (χ0) is 9.97. The van der Waals surface area contributed by atoms with Crippen LogP contribution < -0.4 is 0 Å². The van der Waals surface area contributed by atoms with Gasteiger partial charge in [-0.25, -0.2) is 0 Å². The summed E-state index contributed by atoms with van der Waals surface area (Å²) in [4.78, 5) is 0. The largest absolute Gasteiger partial charge is 0.376 e. The number of nitrogens with zero attached hydrogens (tertiary/aromatic N) is 1. The lowest BCUT2D eigenvalue weighted by molar-refractivity contribution is 0.101. The molecule has 0 unspecified atom stereocenters. The van der Waals surface area contributed by atoms with Gasteiger partial charge in [0.15, 0.2) is 0 Å². The Morgan fingerprint density at radius 1 is 1.57 bits per heavy atom. The van der Waals surface area contributed by atoms with E-state index in [9.17, 15) is 0 Å². The minimum Gasteiger partial charge on any atom is -0.376 e. The van der Waals surface area contributed by atoms with Crippen molar-refractivity contribution in [3.05, 3.63) is 47.5 Å². The average Bonchev–Trinajstić information content (AvgIpc) is 2.27. The predicted molar refractivity (Wildman–Crippen MR) is 53.8 cm³/mol. The summed E-state index contributed by atoms with van der Waals surface area (Å²) in [5.41, 5.74) is 2.92. The molecule has 1 aromatic rings. The number of hydrogen-bond donors (Lipinski definition) is 0. The SMILES string of the molecule is C=C[C@H]1COCc2c(C#N)cccc21. The van der Waals surface area contributed by atoms with Gasteiger partial charge in [0.05, 0.1) is 24.8 Å². The molecule has 70 valence electrons. The van der Waals surface area contributed by atoms with E-state index in [0.717, 1.165) is 5.56 Å². The third-order valence-electron chi connectivity index (χ3n) is 2.56. The van der Waals surface area contributed by atoms with Crippen molar-refractivity contribution in [3.8, 4) is 6.07 Å². The van der Waals surface area contributed by atoms with E-state index in [1.54, 1.807) is 0 Å². The van der Waals surface area contributed by atoms with E-state index in [2.05, 4.69) is 12.6 Å². The lowest BCUT2D eigenvalue weighted by Gasteiger charge is -2.23. The van der Waals surface area contributed by atoms with Gasteiger partial charge in [0, 0.05) is 5.92 Å². The molecule has 0 saturated carbocycles. The lowest BCUT2D eigenvalue weighted by atomic mass is 9.90. The first-order valence-corrected chi connectivity index (χ1v) is 4.59. The Kier molecular flexibility index (Phi) is 2.34. The van der Waals surface area contributed by atoms with Gasteiger partial charge in [0.1, 0.15) is 0 Å².